The molecule has 1 amide bonds. The zero-order valence-corrected chi connectivity index (χ0v) is 17.5. The number of amides is 1. The van der Waals surface area contributed by atoms with Gasteiger partial charge in [0.05, 0.1) is 24.6 Å². The largest absolute Gasteiger partial charge is 0.497 e. The van der Waals surface area contributed by atoms with Gasteiger partial charge in [0.2, 0.25) is 0 Å². The van der Waals surface area contributed by atoms with Crippen LogP contribution in [0, 0.1) is 0 Å². The van der Waals surface area contributed by atoms with E-state index in [4.69, 9.17) is 16.3 Å². The molecule has 0 atom stereocenters. The molecule has 0 saturated heterocycles. The maximum Gasteiger partial charge on any atom is 0.434 e. The number of rotatable bonds is 5. The van der Waals surface area contributed by atoms with E-state index in [0.717, 1.165) is 28.3 Å². The second kappa shape index (κ2) is 8.55. The molecule has 4 rings (SSSR count). The predicted octanol–water partition coefficient (Wildman–Crippen LogP) is 5.64. The average molecular weight is 460 g/mol. The van der Waals surface area contributed by atoms with E-state index in [2.05, 4.69) is 10.4 Å². The smallest absolute Gasteiger partial charge is 0.434 e. The molecule has 0 saturated carbocycles. The zero-order valence-electron chi connectivity index (χ0n) is 16.8. The molecule has 0 spiro atoms. The Balaban J connectivity index is 1.59. The summed E-state index contributed by atoms with van der Waals surface area (Å²) in [5, 5.41) is 8.46. The fourth-order valence-corrected chi connectivity index (χ4v) is 3.56. The van der Waals surface area contributed by atoms with Gasteiger partial charge in [-0.2, -0.15) is 18.3 Å². The number of hydrogen-bond acceptors (Lipinski definition) is 3. The average Bonchev–Trinajstić information content (AvgIpc) is 3.23. The number of carbonyl (C=O) groups is 1. The van der Waals surface area contributed by atoms with Gasteiger partial charge >= 0.3 is 6.18 Å². The molecular formula is C23H17ClF3N3O2. The molecule has 5 nitrogen and oxygen atoms in total. The van der Waals surface area contributed by atoms with E-state index in [1.165, 1.54) is 24.3 Å². The summed E-state index contributed by atoms with van der Waals surface area (Å²) in [4.78, 5) is 12.6. The van der Waals surface area contributed by atoms with Gasteiger partial charge in [0, 0.05) is 11.6 Å². The van der Waals surface area contributed by atoms with Crippen molar-refractivity contribution in [2.24, 2.45) is 0 Å². The summed E-state index contributed by atoms with van der Waals surface area (Å²) >= 11 is 5.90. The number of fused-ring (bicyclic) bond motifs is 1. The topological polar surface area (TPSA) is 56.1 Å². The number of nitrogens with one attached hydrogen (secondary N) is 1. The molecule has 0 fully saturated rings. The van der Waals surface area contributed by atoms with Gasteiger partial charge in [-0.1, -0.05) is 35.9 Å². The number of methoxy groups -OCH3 is 1. The number of aromatic nitrogens is 2. The van der Waals surface area contributed by atoms with Crippen LogP contribution < -0.4 is 10.1 Å². The van der Waals surface area contributed by atoms with Crippen molar-refractivity contribution in [3.8, 4) is 11.4 Å². The maximum atomic E-state index is 13.8. The van der Waals surface area contributed by atoms with Gasteiger partial charge in [-0.25, -0.2) is 4.68 Å². The van der Waals surface area contributed by atoms with Gasteiger partial charge in [0.1, 0.15) is 5.75 Å². The van der Waals surface area contributed by atoms with E-state index >= 15 is 0 Å². The third-order valence-electron chi connectivity index (χ3n) is 4.90. The lowest BCUT2D eigenvalue weighted by Crippen LogP contribution is -2.26. The lowest BCUT2D eigenvalue weighted by atomic mass is 10.1. The van der Waals surface area contributed by atoms with Crippen LogP contribution >= 0.6 is 11.6 Å². The minimum absolute atomic E-state index is 0.0560. The fourth-order valence-electron chi connectivity index (χ4n) is 3.38. The van der Waals surface area contributed by atoms with Crippen molar-refractivity contribution in [3.63, 3.8) is 0 Å². The molecule has 4 aromatic rings. The molecular weight excluding hydrogens is 443 g/mol. The summed E-state index contributed by atoms with van der Waals surface area (Å²) in [6.07, 6.45) is -3.89. The van der Waals surface area contributed by atoms with Crippen molar-refractivity contribution in [2.75, 3.05) is 7.11 Å². The Bertz CT molecular complexity index is 1300. The second-order valence-electron chi connectivity index (χ2n) is 7.03. The molecule has 0 radical (unpaired) electrons. The van der Waals surface area contributed by atoms with E-state index in [1.54, 1.807) is 13.2 Å². The van der Waals surface area contributed by atoms with Crippen LogP contribution in [-0.4, -0.2) is 22.8 Å². The van der Waals surface area contributed by atoms with Gasteiger partial charge < -0.3 is 10.1 Å². The number of benzene rings is 3. The highest BCUT2D eigenvalue weighted by atomic mass is 35.5. The van der Waals surface area contributed by atoms with E-state index in [9.17, 15) is 18.0 Å². The van der Waals surface area contributed by atoms with Gasteiger partial charge in [0.15, 0.2) is 5.69 Å². The van der Waals surface area contributed by atoms with Crippen LogP contribution in [0.4, 0.5) is 13.2 Å². The molecule has 0 bridgehead atoms. The number of hydrogen-bond donors (Lipinski definition) is 1. The van der Waals surface area contributed by atoms with Crippen LogP contribution in [0.25, 0.3) is 16.5 Å². The summed E-state index contributed by atoms with van der Waals surface area (Å²) in [6.45, 7) is 0.0560. The first-order chi connectivity index (χ1) is 15.3. The molecule has 164 valence electrons. The normalized spacial score (nSPS) is 11.5. The maximum absolute atomic E-state index is 13.8. The summed E-state index contributed by atoms with van der Waals surface area (Å²) in [5.41, 5.74) is -0.883. The molecule has 9 heteroatoms. The summed E-state index contributed by atoms with van der Waals surface area (Å²) < 4.78 is 47.3. The lowest BCUT2D eigenvalue weighted by Gasteiger charge is -2.13. The van der Waals surface area contributed by atoms with Crippen molar-refractivity contribution in [1.29, 1.82) is 0 Å². The van der Waals surface area contributed by atoms with E-state index < -0.39 is 23.3 Å². The van der Waals surface area contributed by atoms with Crippen LogP contribution in [0.5, 0.6) is 5.75 Å². The highest BCUT2D eigenvalue weighted by Crippen LogP contribution is 2.34. The number of ether oxygens (including phenoxy) is 1. The van der Waals surface area contributed by atoms with Crippen molar-refractivity contribution in [3.05, 3.63) is 88.7 Å². The minimum Gasteiger partial charge on any atom is -0.497 e. The Kier molecular flexibility index (Phi) is 5.80. The van der Waals surface area contributed by atoms with E-state index in [1.807, 2.05) is 30.3 Å². The Morgan fingerprint density at radius 1 is 1.09 bits per heavy atom. The molecule has 0 aliphatic heterocycles. The third kappa shape index (κ3) is 4.40. The Morgan fingerprint density at radius 3 is 2.56 bits per heavy atom. The van der Waals surface area contributed by atoms with Crippen molar-refractivity contribution in [1.82, 2.24) is 15.1 Å². The van der Waals surface area contributed by atoms with Gasteiger partial charge in [-0.3, -0.25) is 4.79 Å². The quantitative estimate of drug-likeness (QED) is 0.420. The highest BCUT2D eigenvalue weighted by molar-refractivity contribution is 6.30. The number of alkyl halides is 3. The Hall–Kier alpha value is -3.52. The van der Waals surface area contributed by atoms with Crippen LogP contribution in [-0.2, 0) is 12.7 Å². The summed E-state index contributed by atoms with van der Waals surface area (Å²) in [7, 11) is 1.58. The molecule has 1 aromatic heterocycles. The lowest BCUT2D eigenvalue weighted by molar-refractivity contribution is -0.143. The molecule has 0 aliphatic carbocycles. The summed E-state index contributed by atoms with van der Waals surface area (Å²) in [6, 6.07) is 16.9. The first-order valence-corrected chi connectivity index (χ1v) is 9.90. The number of halogens is 4. The second-order valence-corrected chi connectivity index (χ2v) is 7.46. The predicted molar refractivity (Wildman–Crippen MR) is 115 cm³/mol. The van der Waals surface area contributed by atoms with Gasteiger partial charge in [0.25, 0.3) is 5.91 Å². The minimum atomic E-state index is -4.80. The summed E-state index contributed by atoms with van der Waals surface area (Å²) in [5.74, 6) is -0.157. The van der Waals surface area contributed by atoms with Crippen LogP contribution in [0.2, 0.25) is 5.02 Å². The van der Waals surface area contributed by atoms with Crippen molar-refractivity contribution >= 4 is 28.3 Å². The molecule has 32 heavy (non-hydrogen) atoms. The van der Waals surface area contributed by atoms with Gasteiger partial charge in [-0.05, 0) is 52.7 Å². The zero-order chi connectivity index (χ0) is 22.9. The van der Waals surface area contributed by atoms with E-state index in [-0.39, 0.29) is 17.3 Å². The van der Waals surface area contributed by atoms with Crippen molar-refractivity contribution in [2.45, 2.75) is 12.7 Å². The third-order valence-corrected chi connectivity index (χ3v) is 5.14. The fraction of sp³-hybridized carbons (Fsp3) is 0.130. The first kappa shape index (κ1) is 21.7. The van der Waals surface area contributed by atoms with Crippen LogP contribution in [0.15, 0.2) is 66.9 Å². The standard InChI is InChI=1S/C23H17ClF3N3O2/c1-32-19-8-7-15-9-14(5-6-16(15)10-19)12-28-22(31)20-13-29-30(21(20)23(25,26)27)18-4-2-3-17(24)11-18/h2-11,13H,12H2,1H3,(H,28,31). The molecule has 1 heterocycles. The Labute approximate surface area is 186 Å². The number of nitrogens with zero attached hydrogens (tertiary/aromatic N) is 2. The van der Waals surface area contributed by atoms with Crippen LogP contribution in [0.1, 0.15) is 21.6 Å². The monoisotopic (exact) mass is 459 g/mol. The van der Waals surface area contributed by atoms with Crippen LogP contribution in [0.3, 0.4) is 0 Å². The van der Waals surface area contributed by atoms with E-state index in [0.29, 0.717) is 4.68 Å². The highest BCUT2D eigenvalue weighted by Gasteiger charge is 2.40. The Morgan fingerprint density at radius 2 is 1.84 bits per heavy atom. The molecule has 3 aromatic carbocycles. The van der Waals surface area contributed by atoms with Crippen molar-refractivity contribution < 1.29 is 22.7 Å². The number of carbonyl (C=O) groups excluding carboxylic acids is 1. The van der Waals surface area contributed by atoms with Gasteiger partial charge in [-0.15, -0.1) is 0 Å². The first-order valence-electron chi connectivity index (χ1n) is 9.52. The SMILES string of the molecule is COc1ccc2cc(CNC(=O)c3cnn(-c4cccc(Cl)c4)c3C(F)(F)F)ccc2c1. The molecule has 0 unspecified atom stereocenters. The molecule has 1 N–H and O–H groups in total. The molecule has 0 aliphatic rings.